The minimum Gasteiger partial charge on any atom is -0.508 e. The first-order chi connectivity index (χ1) is 11.6. The third-order valence-electron chi connectivity index (χ3n) is 3.81. The van der Waals surface area contributed by atoms with Crippen molar-refractivity contribution in [2.24, 2.45) is 5.16 Å². The van der Waals surface area contributed by atoms with E-state index in [1.807, 2.05) is 30.3 Å². The average Bonchev–Trinajstić information content (AvgIpc) is 2.99. The Labute approximate surface area is 139 Å². The van der Waals surface area contributed by atoms with Gasteiger partial charge in [-0.3, -0.25) is 0 Å². The Kier molecular flexibility index (Phi) is 4.78. The van der Waals surface area contributed by atoms with Crippen LogP contribution in [0.15, 0.2) is 53.7 Å². The molecule has 0 bridgehead atoms. The summed E-state index contributed by atoms with van der Waals surface area (Å²) >= 11 is 0. The Morgan fingerprint density at radius 1 is 1.12 bits per heavy atom. The highest BCUT2D eigenvalue weighted by Gasteiger charge is 2.37. The van der Waals surface area contributed by atoms with E-state index in [0.717, 1.165) is 16.7 Å². The van der Waals surface area contributed by atoms with Crippen LogP contribution in [0.25, 0.3) is 0 Å². The van der Waals surface area contributed by atoms with Crippen molar-refractivity contribution < 1.29 is 19.4 Å². The van der Waals surface area contributed by atoms with Crippen LogP contribution in [0.2, 0.25) is 0 Å². The van der Waals surface area contributed by atoms with Crippen LogP contribution in [-0.4, -0.2) is 28.4 Å². The number of rotatable bonds is 6. The molecule has 1 heterocycles. The van der Waals surface area contributed by atoms with E-state index in [1.165, 1.54) is 0 Å². The molecule has 0 saturated carbocycles. The largest absolute Gasteiger partial charge is 0.508 e. The van der Waals surface area contributed by atoms with Gasteiger partial charge in [-0.15, -0.1) is 0 Å². The number of halogens is 1. The zero-order chi connectivity index (χ0) is 17.0. The Morgan fingerprint density at radius 2 is 1.83 bits per heavy atom. The molecule has 3 rings (SSSR count). The van der Waals surface area contributed by atoms with Crippen LogP contribution in [0.5, 0.6) is 5.75 Å². The van der Waals surface area contributed by atoms with Crippen molar-refractivity contribution in [3.63, 3.8) is 0 Å². The number of phenolic OH excluding ortho intramolecular Hbond substituents is 1. The van der Waals surface area contributed by atoms with Crippen molar-refractivity contribution >= 4 is 5.71 Å². The molecule has 6 heteroatoms. The summed E-state index contributed by atoms with van der Waals surface area (Å²) in [5.74, 6) is -1.59. The molecule has 2 aromatic carbocycles. The first kappa shape index (κ1) is 16.4. The first-order valence-electron chi connectivity index (χ1n) is 7.69. The Hall–Kier alpha value is -2.44. The van der Waals surface area contributed by atoms with Gasteiger partial charge in [0, 0.05) is 13.1 Å². The monoisotopic (exact) mass is 330 g/mol. The maximum atomic E-state index is 12.7. The Morgan fingerprint density at radius 3 is 2.50 bits per heavy atom. The van der Waals surface area contributed by atoms with Gasteiger partial charge in [-0.2, -0.15) is 0 Å². The molecule has 0 radical (unpaired) electrons. The van der Waals surface area contributed by atoms with Crippen LogP contribution < -0.4 is 5.32 Å². The van der Waals surface area contributed by atoms with Gasteiger partial charge in [-0.1, -0.05) is 35.5 Å². The molecule has 1 unspecified atom stereocenters. The highest BCUT2D eigenvalue weighted by Crippen LogP contribution is 2.25. The maximum absolute atomic E-state index is 12.7. The van der Waals surface area contributed by atoms with Crippen LogP contribution in [0.4, 0.5) is 4.39 Å². The van der Waals surface area contributed by atoms with Crippen LogP contribution in [0.1, 0.15) is 23.1 Å². The number of nitrogens with zero attached hydrogens (tertiary/aromatic N) is 1. The molecule has 0 saturated heterocycles. The van der Waals surface area contributed by atoms with Gasteiger partial charge in [0.05, 0.1) is 12.1 Å². The van der Waals surface area contributed by atoms with Gasteiger partial charge in [-0.05, 0) is 34.9 Å². The van der Waals surface area contributed by atoms with Crippen molar-refractivity contribution in [1.82, 2.24) is 5.32 Å². The molecule has 0 fully saturated rings. The molecular formula is C18H19FN2O3. The lowest BCUT2D eigenvalue weighted by molar-refractivity contribution is -0.193. The molecule has 24 heavy (non-hydrogen) atoms. The molecule has 0 aromatic heterocycles. The quantitative estimate of drug-likeness (QED) is 0.761. The van der Waals surface area contributed by atoms with Gasteiger partial charge in [0.25, 0.3) is 5.79 Å². The highest BCUT2D eigenvalue weighted by molar-refractivity contribution is 6.01. The SMILES string of the molecule is Oc1cccc(CNCc2cccc(C3=NOC(O)(CF)C3)c2)c1. The summed E-state index contributed by atoms with van der Waals surface area (Å²) in [5.41, 5.74) is 3.36. The minimum absolute atomic E-state index is 0.0314. The molecular weight excluding hydrogens is 311 g/mol. The summed E-state index contributed by atoms with van der Waals surface area (Å²) in [7, 11) is 0. The number of aliphatic hydroxyl groups is 1. The number of nitrogens with one attached hydrogen (secondary N) is 1. The number of alkyl halides is 1. The van der Waals surface area contributed by atoms with Crippen molar-refractivity contribution in [1.29, 1.82) is 0 Å². The topological polar surface area (TPSA) is 74.1 Å². The second-order valence-corrected chi connectivity index (χ2v) is 5.86. The van der Waals surface area contributed by atoms with Crippen LogP contribution in [-0.2, 0) is 17.9 Å². The fourth-order valence-electron chi connectivity index (χ4n) is 2.57. The second-order valence-electron chi connectivity index (χ2n) is 5.86. The zero-order valence-corrected chi connectivity index (χ0v) is 13.1. The fourth-order valence-corrected chi connectivity index (χ4v) is 2.57. The predicted molar refractivity (Wildman–Crippen MR) is 88.3 cm³/mol. The van der Waals surface area contributed by atoms with Gasteiger partial charge >= 0.3 is 0 Å². The second kappa shape index (κ2) is 6.98. The van der Waals surface area contributed by atoms with E-state index >= 15 is 0 Å². The van der Waals surface area contributed by atoms with E-state index < -0.39 is 12.5 Å². The lowest BCUT2D eigenvalue weighted by Gasteiger charge is -2.14. The van der Waals surface area contributed by atoms with Crippen molar-refractivity contribution in [3.8, 4) is 5.75 Å². The van der Waals surface area contributed by atoms with E-state index in [1.54, 1.807) is 18.2 Å². The first-order valence-corrected chi connectivity index (χ1v) is 7.69. The summed E-state index contributed by atoms with van der Waals surface area (Å²) in [4.78, 5) is 4.78. The third-order valence-corrected chi connectivity index (χ3v) is 3.81. The van der Waals surface area contributed by atoms with Crippen LogP contribution in [0, 0.1) is 0 Å². The molecule has 0 spiro atoms. The third kappa shape index (κ3) is 3.90. The van der Waals surface area contributed by atoms with Crippen LogP contribution in [0.3, 0.4) is 0 Å². The van der Waals surface area contributed by atoms with E-state index in [-0.39, 0.29) is 12.2 Å². The maximum Gasteiger partial charge on any atom is 0.268 e. The smallest absolute Gasteiger partial charge is 0.268 e. The van der Waals surface area contributed by atoms with Crippen molar-refractivity contribution in [2.45, 2.75) is 25.3 Å². The normalized spacial score (nSPS) is 19.8. The van der Waals surface area contributed by atoms with Gasteiger partial charge < -0.3 is 20.4 Å². The summed E-state index contributed by atoms with van der Waals surface area (Å²) in [6.45, 7) is 0.264. The highest BCUT2D eigenvalue weighted by atomic mass is 19.1. The lowest BCUT2D eigenvalue weighted by atomic mass is 10.0. The summed E-state index contributed by atoms with van der Waals surface area (Å²) < 4.78 is 12.7. The number of phenols is 1. The summed E-state index contributed by atoms with van der Waals surface area (Å²) in [5, 5.41) is 26.3. The van der Waals surface area contributed by atoms with E-state index in [0.29, 0.717) is 18.8 Å². The van der Waals surface area contributed by atoms with Gasteiger partial charge in [-0.25, -0.2) is 4.39 Å². The number of aromatic hydroxyl groups is 1. The molecule has 1 atom stereocenters. The standard InChI is InChI=1S/C18H19FN2O3/c19-12-18(23)9-17(21-24-18)15-5-1-3-13(7-15)10-20-11-14-4-2-6-16(22)8-14/h1-8,20,22-23H,9-12H2. The van der Waals surface area contributed by atoms with Crippen molar-refractivity contribution in [3.05, 3.63) is 65.2 Å². The Balaban J connectivity index is 1.60. The molecule has 3 N–H and O–H groups in total. The van der Waals surface area contributed by atoms with E-state index in [2.05, 4.69) is 10.5 Å². The molecule has 2 aromatic rings. The number of oxime groups is 1. The van der Waals surface area contributed by atoms with Gasteiger partial charge in [0.1, 0.15) is 5.75 Å². The summed E-state index contributed by atoms with van der Waals surface area (Å²) in [6, 6.07) is 14.7. The average molecular weight is 330 g/mol. The Bertz CT molecular complexity index is 751. The number of benzene rings is 2. The van der Waals surface area contributed by atoms with E-state index in [9.17, 15) is 14.6 Å². The van der Waals surface area contributed by atoms with Gasteiger partial charge in [0.2, 0.25) is 0 Å². The molecule has 5 nitrogen and oxygen atoms in total. The molecule has 126 valence electrons. The zero-order valence-electron chi connectivity index (χ0n) is 13.1. The fraction of sp³-hybridized carbons (Fsp3) is 0.278. The lowest BCUT2D eigenvalue weighted by Crippen LogP contribution is -2.31. The number of hydrogen-bond donors (Lipinski definition) is 3. The molecule has 0 aliphatic carbocycles. The predicted octanol–water partition coefficient (Wildman–Crippen LogP) is 2.46. The molecule has 1 aliphatic heterocycles. The van der Waals surface area contributed by atoms with Crippen LogP contribution >= 0.6 is 0 Å². The summed E-state index contributed by atoms with van der Waals surface area (Å²) in [6.07, 6.45) is 0.0314. The molecule has 1 aliphatic rings. The minimum atomic E-state index is -1.83. The van der Waals surface area contributed by atoms with Crippen molar-refractivity contribution in [2.75, 3.05) is 6.67 Å². The number of hydrogen-bond acceptors (Lipinski definition) is 5. The molecule has 0 amide bonds. The van der Waals surface area contributed by atoms with Gasteiger partial charge in [0.15, 0.2) is 6.67 Å². The van der Waals surface area contributed by atoms with E-state index in [4.69, 9.17) is 4.84 Å².